The Labute approximate surface area is 184 Å². The molecule has 3 fully saturated rings. The molecule has 2 saturated heterocycles. The molecule has 3 amide bonds. The Morgan fingerprint density at radius 2 is 1.87 bits per heavy atom. The van der Waals surface area contributed by atoms with Gasteiger partial charge < -0.3 is 15.1 Å². The minimum atomic E-state index is -0.0939. The molecule has 1 aliphatic carbocycles. The highest BCUT2D eigenvalue weighted by Gasteiger charge is 2.46. The maximum absolute atomic E-state index is 13.0. The molecule has 5 nitrogen and oxygen atoms in total. The maximum Gasteiger partial charge on any atom is 0.321 e. The summed E-state index contributed by atoms with van der Waals surface area (Å²) in [7, 11) is 0. The van der Waals surface area contributed by atoms with Crippen LogP contribution in [0.25, 0.3) is 0 Å². The summed E-state index contributed by atoms with van der Waals surface area (Å²) < 4.78 is 0. The summed E-state index contributed by atoms with van der Waals surface area (Å²) in [5, 5.41) is 3.07. The lowest BCUT2D eigenvalue weighted by atomic mass is 9.99. The molecule has 3 aliphatic rings. The highest BCUT2D eigenvalue weighted by atomic mass is 32.2. The smallest absolute Gasteiger partial charge is 0.321 e. The van der Waals surface area contributed by atoms with E-state index in [0.29, 0.717) is 25.4 Å². The number of likely N-dealkylation sites (tertiary alicyclic amines) is 1. The summed E-state index contributed by atoms with van der Waals surface area (Å²) in [6.45, 7) is 6.36. The Morgan fingerprint density at radius 3 is 2.57 bits per heavy atom. The summed E-state index contributed by atoms with van der Waals surface area (Å²) in [5.41, 5.74) is 3.16. The molecule has 0 atom stereocenters. The zero-order valence-corrected chi connectivity index (χ0v) is 19.2. The van der Waals surface area contributed by atoms with Crippen LogP contribution < -0.4 is 5.32 Å². The molecule has 0 bridgehead atoms. The van der Waals surface area contributed by atoms with Gasteiger partial charge in [0.1, 0.15) is 0 Å². The number of anilines is 1. The number of thioether (sulfide) groups is 1. The van der Waals surface area contributed by atoms with E-state index in [2.05, 4.69) is 23.2 Å². The number of hydrogen-bond acceptors (Lipinski definition) is 3. The van der Waals surface area contributed by atoms with E-state index in [0.717, 1.165) is 48.7 Å². The van der Waals surface area contributed by atoms with Crippen molar-refractivity contribution in [2.24, 2.45) is 5.92 Å². The number of hydrogen-bond donors (Lipinski definition) is 1. The van der Waals surface area contributed by atoms with Gasteiger partial charge in [-0.05, 0) is 50.7 Å². The molecule has 6 heteroatoms. The third-order valence-electron chi connectivity index (χ3n) is 7.18. The van der Waals surface area contributed by atoms with E-state index < -0.39 is 0 Å². The third kappa shape index (κ3) is 4.63. The van der Waals surface area contributed by atoms with Crippen LogP contribution in [0.5, 0.6) is 0 Å². The summed E-state index contributed by atoms with van der Waals surface area (Å²) in [4.78, 5) is 29.8. The Bertz CT molecular complexity index is 783. The number of carbonyl (C=O) groups excluding carboxylic acids is 2. The van der Waals surface area contributed by atoms with Crippen molar-refractivity contribution in [1.29, 1.82) is 0 Å². The number of amides is 3. The highest BCUT2D eigenvalue weighted by molar-refractivity contribution is 8.00. The second-order valence-corrected chi connectivity index (χ2v) is 10.7. The molecule has 4 rings (SSSR count). The normalized spacial score (nSPS) is 21.4. The van der Waals surface area contributed by atoms with Crippen LogP contribution in [0.1, 0.15) is 62.5 Å². The van der Waals surface area contributed by atoms with Crippen LogP contribution >= 0.6 is 11.8 Å². The summed E-state index contributed by atoms with van der Waals surface area (Å²) in [5.74, 6) is 2.11. The van der Waals surface area contributed by atoms with Gasteiger partial charge in [-0.1, -0.05) is 43.4 Å². The van der Waals surface area contributed by atoms with Crippen LogP contribution in [-0.4, -0.2) is 52.0 Å². The molecule has 2 aliphatic heterocycles. The summed E-state index contributed by atoms with van der Waals surface area (Å²) in [6.07, 6.45) is 8.77. The van der Waals surface area contributed by atoms with Gasteiger partial charge in [0, 0.05) is 37.5 Å². The first-order valence-electron chi connectivity index (χ1n) is 11.5. The summed E-state index contributed by atoms with van der Waals surface area (Å²) >= 11 is 1.93. The number of nitrogens with zero attached hydrogens (tertiary/aromatic N) is 2. The second-order valence-electron chi connectivity index (χ2n) is 9.26. The fourth-order valence-electron chi connectivity index (χ4n) is 5.34. The Morgan fingerprint density at radius 1 is 1.13 bits per heavy atom. The monoisotopic (exact) mass is 429 g/mol. The van der Waals surface area contributed by atoms with Gasteiger partial charge in [-0.15, -0.1) is 11.8 Å². The molecule has 1 N–H and O–H groups in total. The first kappa shape index (κ1) is 21.5. The maximum atomic E-state index is 13.0. The fraction of sp³-hybridized carbons (Fsp3) is 0.667. The van der Waals surface area contributed by atoms with Crippen molar-refractivity contribution in [3.05, 3.63) is 29.3 Å². The zero-order valence-electron chi connectivity index (χ0n) is 18.4. The first-order chi connectivity index (χ1) is 14.5. The molecule has 1 aromatic carbocycles. The molecular formula is C24H35N3O2S. The molecule has 1 aromatic rings. The largest absolute Gasteiger partial charge is 0.327 e. The number of carbonyl (C=O) groups is 2. The lowest BCUT2D eigenvalue weighted by Crippen LogP contribution is -2.54. The van der Waals surface area contributed by atoms with Gasteiger partial charge in [0.05, 0.1) is 4.87 Å². The first-order valence-corrected chi connectivity index (χ1v) is 12.5. The van der Waals surface area contributed by atoms with Crippen LogP contribution in [0.3, 0.4) is 0 Å². The molecule has 1 saturated carbocycles. The van der Waals surface area contributed by atoms with Gasteiger partial charge in [-0.25, -0.2) is 4.79 Å². The summed E-state index contributed by atoms with van der Waals surface area (Å²) in [6, 6.07) is 6.06. The van der Waals surface area contributed by atoms with Gasteiger partial charge >= 0.3 is 6.03 Å². The van der Waals surface area contributed by atoms with Crippen molar-refractivity contribution in [2.45, 2.75) is 70.1 Å². The van der Waals surface area contributed by atoms with Gasteiger partial charge in [0.2, 0.25) is 5.91 Å². The number of piperidine rings is 1. The van der Waals surface area contributed by atoms with E-state index in [9.17, 15) is 9.59 Å². The number of urea groups is 1. The zero-order chi connectivity index (χ0) is 21.1. The van der Waals surface area contributed by atoms with Gasteiger partial charge in [-0.3, -0.25) is 4.79 Å². The van der Waals surface area contributed by atoms with Crippen LogP contribution in [0.15, 0.2) is 18.2 Å². The fourth-order valence-corrected chi connectivity index (χ4v) is 6.82. The van der Waals surface area contributed by atoms with Crippen LogP contribution in [-0.2, 0) is 4.79 Å². The SMILES string of the molecule is Cc1ccc(NC(=O)N2CCC3(CC2)SCCN3C(=O)CCC2CCCC2)c(C)c1. The molecule has 1 spiro atoms. The predicted molar refractivity (Wildman–Crippen MR) is 124 cm³/mol. The third-order valence-corrected chi connectivity index (χ3v) is 8.73. The van der Waals surface area contributed by atoms with E-state index in [1.165, 1.54) is 31.2 Å². The standard InChI is InChI=1S/C24H35N3O2S/c1-18-7-9-21(19(2)17-18)25-23(29)26-13-11-24(12-14-26)27(15-16-30-24)22(28)10-8-20-5-3-4-6-20/h7,9,17,20H,3-6,8,10-16H2,1-2H3,(H,25,29). The molecule has 0 radical (unpaired) electrons. The molecule has 0 unspecified atom stereocenters. The predicted octanol–water partition coefficient (Wildman–Crippen LogP) is 5.17. The van der Waals surface area contributed by atoms with Crippen molar-refractivity contribution < 1.29 is 9.59 Å². The number of rotatable bonds is 4. The Kier molecular flexibility index (Phi) is 6.61. The van der Waals surface area contributed by atoms with Crippen LogP contribution in [0, 0.1) is 19.8 Å². The quantitative estimate of drug-likeness (QED) is 0.718. The van der Waals surface area contributed by atoms with E-state index >= 15 is 0 Å². The minimum Gasteiger partial charge on any atom is -0.327 e. The van der Waals surface area contributed by atoms with Gasteiger partial charge in [0.25, 0.3) is 0 Å². The Hall–Kier alpha value is -1.69. The van der Waals surface area contributed by atoms with Crippen molar-refractivity contribution >= 4 is 29.4 Å². The molecule has 2 heterocycles. The number of nitrogens with one attached hydrogen (secondary N) is 1. The Balaban J connectivity index is 1.31. The lowest BCUT2D eigenvalue weighted by molar-refractivity contribution is -0.134. The molecule has 0 aromatic heterocycles. The van der Waals surface area contributed by atoms with Gasteiger partial charge in [0.15, 0.2) is 0 Å². The average Bonchev–Trinajstić information content (AvgIpc) is 3.39. The topological polar surface area (TPSA) is 52.7 Å². The van der Waals surface area contributed by atoms with Crippen LogP contribution in [0.2, 0.25) is 0 Å². The van der Waals surface area contributed by atoms with E-state index in [-0.39, 0.29) is 10.9 Å². The van der Waals surface area contributed by atoms with E-state index in [1.807, 2.05) is 35.7 Å². The van der Waals surface area contributed by atoms with E-state index in [4.69, 9.17) is 0 Å². The average molecular weight is 430 g/mol. The molecular weight excluding hydrogens is 394 g/mol. The van der Waals surface area contributed by atoms with Crippen molar-refractivity contribution in [2.75, 3.05) is 30.7 Å². The molecule has 30 heavy (non-hydrogen) atoms. The van der Waals surface area contributed by atoms with Crippen molar-refractivity contribution in [3.63, 3.8) is 0 Å². The number of benzene rings is 1. The lowest BCUT2D eigenvalue weighted by Gasteiger charge is -2.44. The van der Waals surface area contributed by atoms with Crippen LogP contribution in [0.4, 0.5) is 10.5 Å². The van der Waals surface area contributed by atoms with Crippen molar-refractivity contribution in [3.8, 4) is 0 Å². The van der Waals surface area contributed by atoms with E-state index in [1.54, 1.807) is 0 Å². The van der Waals surface area contributed by atoms with Crippen molar-refractivity contribution in [1.82, 2.24) is 9.80 Å². The minimum absolute atomic E-state index is 0.0288. The number of aryl methyl sites for hydroxylation is 2. The molecule has 164 valence electrons. The highest BCUT2D eigenvalue weighted by Crippen LogP contribution is 2.44. The second kappa shape index (κ2) is 9.21. The van der Waals surface area contributed by atoms with Gasteiger partial charge in [-0.2, -0.15) is 0 Å².